The van der Waals surface area contributed by atoms with Crippen LogP contribution in [0.4, 0.5) is 17.6 Å². The number of nitrogens with two attached hydrogens (primary N) is 1. The predicted octanol–water partition coefficient (Wildman–Crippen LogP) is 3.00. The van der Waals surface area contributed by atoms with Crippen LogP contribution >= 0.6 is 11.3 Å². The lowest BCUT2D eigenvalue weighted by Crippen LogP contribution is -2.42. The second-order valence-electron chi connectivity index (χ2n) is 5.45. The molecule has 12 heteroatoms. The molecule has 1 aromatic carbocycles. The van der Waals surface area contributed by atoms with E-state index in [1.54, 1.807) is 0 Å². The fourth-order valence-corrected chi connectivity index (χ4v) is 5.30. The highest BCUT2D eigenvalue weighted by atomic mass is 32.2. The second-order valence-corrected chi connectivity index (χ2v) is 8.46. The third kappa shape index (κ3) is 4.28. The molecule has 0 aliphatic rings. The molecule has 1 heterocycles. The monoisotopic (exact) mass is 425 g/mol. The minimum absolute atomic E-state index is 0.0299. The number of primary amides is 1. The number of alkyl halides is 3. The molecule has 1 unspecified atom stereocenters. The molecule has 6 nitrogen and oxygen atoms in total. The third-order valence-electron chi connectivity index (χ3n) is 3.61. The summed E-state index contributed by atoms with van der Waals surface area (Å²) in [5, 5.41) is -0.994. The molecule has 148 valence electrons. The molecular formula is C15H15F4N3O3S2. The highest BCUT2D eigenvalue weighted by Crippen LogP contribution is 2.41. The smallest absolute Gasteiger partial charge is 0.364 e. The van der Waals surface area contributed by atoms with Crippen LogP contribution in [0.3, 0.4) is 0 Å². The van der Waals surface area contributed by atoms with E-state index in [1.807, 2.05) is 0 Å². The van der Waals surface area contributed by atoms with E-state index in [9.17, 15) is 30.8 Å². The molecule has 0 spiro atoms. The van der Waals surface area contributed by atoms with Crippen LogP contribution in [0.5, 0.6) is 0 Å². The van der Waals surface area contributed by atoms with E-state index >= 15 is 0 Å². The van der Waals surface area contributed by atoms with Crippen molar-refractivity contribution >= 4 is 27.3 Å². The fourth-order valence-electron chi connectivity index (χ4n) is 2.49. The number of sulfonamides is 1. The van der Waals surface area contributed by atoms with E-state index in [0.717, 1.165) is 24.3 Å². The quantitative estimate of drug-likeness (QED) is 0.720. The van der Waals surface area contributed by atoms with Gasteiger partial charge in [0, 0.05) is 11.4 Å². The number of carbonyl (C=O) groups is 1. The van der Waals surface area contributed by atoms with E-state index in [2.05, 4.69) is 4.98 Å². The van der Waals surface area contributed by atoms with Gasteiger partial charge in [-0.15, -0.1) is 11.3 Å². The molecule has 0 bridgehead atoms. The topological polar surface area (TPSA) is 93.4 Å². The maximum Gasteiger partial charge on any atom is 0.409 e. The van der Waals surface area contributed by atoms with Crippen molar-refractivity contribution in [2.45, 2.75) is 31.1 Å². The van der Waals surface area contributed by atoms with Gasteiger partial charge in [0.15, 0.2) is 10.0 Å². The Morgan fingerprint density at radius 3 is 2.26 bits per heavy atom. The number of benzene rings is 1. The summed E-state index contributed by atoms with van der Waals surface area (Å²) >= 11 is 0.672. The largest absolute Gasteiger partial charge is 0.409 e. The lowest BCUT2D eigenvalue weighted by atomic mass is 10.1. The number of hydrogen-bond acceptors (Lipinski definition) is 5. The SMILES string of the molecule is CCN(C(c1ccc(F)cc1)C(F)(F)F)S(=O)(=O)c1nc(C(N)=O)sc1C. The summed E-state index contributed by atoms with van der Waals surface area (Å²) < 4.78 is 80.3. The molecular weight excluding hydrogens is 410 g/mol. The summed E-state index contributed by atoms with van der Waals surface area (Å²) in [5.74, 6) is -1.74. The van der Waals surface area contributed by atoms with Crippen LogP contribution in [0, 0.1) is 12.7 Å². The first kappa shape index (κ1) is 21.3. The van der Waals surface area contributed by atoms with Gasteiger partial charge in [0.2, 0.25) is 0 Å². The van der Waals surface area contributed by atoms with Gasteiger partial charge < -0.3 is 5.73 Å². The average molecular weight is 425 g/mol. The zero-order chi connectivity index (χ0) is 20.6. The molecule has 0 aliphatic carbocycles. The first-order chi connectivity index (χ1) is 12.4. The van der Waals surface area contributed by atoms with E-state index in [4.69, 9.17) is 5.73 Å². The summed E-state index contributed by atoms with van der Waals surface area (Å²) in [7, 11) is -4.72. The van der Waals surface area contributed by atoms with E-state index in [0.29, 0.717) is 11.3 Å². The Morgan fingerprint density at radius 2 is 1.85 bits per heavy atom. The normalized spacial score (nSPS) is 13.7. The van der Waals surface area contributed by atoms with Crippen molar-refractivity contribution in [2.24, 2.45) is 5.73 Å². The number of hydrogen-bond donors (Lipinski definition) is 1. The molecule has 1 aromatic heterocycles. The Bertz CT molecular complexity index is 940. The molecule has 1 atom stereocenters. The van der Waals surface area contributed by atoms with Crippen LogP contribution < -0.4 is 5.73 Å². The van der Waals surface area contributed by atoms with Crippen LogP contribution in [-0.4, -0.2) is 36.3 Å². The zero-order valence-electron chi connectivity index (χ0n) is 14.1. The van der Waals surface area contributed by atoms with Crippen molar-refractivity contribution in [3.8, 4) is 0 Å². The standard InChI is InChI=1S/C15H15F4N3O3S2/c1-3-22(11(15(17,18)19)9-4-6-10(16)7-5-9)27(24,25)14-8(2)26-13(21-14)12(20)23/h4-7,11H,3H2,1-2H3,(H2,20,23). The molecule has 2 aromatic rings. The summed E-state index contributed by atoms with van der Waals surface area (Å²) in [6, 6.07) is 0.816. The maximum atomic E-state index is 13.7. The maximum absolute atomic E-state index is 13.7. The first-order valence-electron chi connectivity index (χ1n) is 7.50. The Morgan fingerprint density at radius 1 is 1.30 bits per heavy atom. The Balaban J connectivity index is 2.62. The summed E-state index contributed by atoms with van der Waals surface area (Å²) in [6.45, 7) is 2.01. The number of amides is 1. The molecule has 0 radical (unpaired) electrons. The lowest BCUT2D eigenvalue weighted by molar-refractivity contribution is -0.173. The van der Waals surface area contributed by atoms with E-state index in [-0.39, 0.29) is 14.2 Å². The number of aryl methyl sites for hydroxylation is 1. The lowest BCUT2D eigenvalue weighted by Gasteiger charge is -2.31. The first-order valence-corrected chi connectivity index (χ1v) is 9.76. The number of nitrogens with zero attached hydrogens (tertiary/aromatic N) is 2. The average Bonchev–Trinajstić information content (AvgIpc) is 2.95. The van der Waals surface area contributed by atoms with Crippen molar-refractivity contribution < 1.29 is 30.8 Å². The number of carbonyl (C=O) groups excluding carboxylic acids is 1. The number of rotatable bonds is 6. The molecule has 0 saturated carbocycles. The van der Waals surface area contributed by atoms with Crippen LogP contribution in [0.15, 0.2) is 29.3 Å². The molecule has 27 heavy (non-hydrogen) atoms. The van der Waals surface area contributed by atoms with Gasteiger partial charge in [-0.2, -0.15) is 17.5 Å². The second kappa shape index (κ2) is 7.52. The van der Waals surface area contributed by atoms with Crippen molar-refractivity contribution in [1.82, 2.24) is 9.29 Å². The molecule has 0 saturated heterocycles. The summed E-state index contributed by atoms with van der Waals surface area (Å²) in [6.07, 6.45) is -4.97. The number of thiazole rings is 1. The number of aromatic nitrogens is 1. The zero-order valence-corrected chi connectivity index (χ0v) is 15.8. The van der Waals surface area contributed by atoms with E-state index < -0.39 is 51.1 Å². The van der Waals surface area contributed by atoms with Crippen molar-refractivity contribution in [1.29, 1.82) is 0 Å². The Labute approximate surface area is 156 Å². The van der Waals surface area contributed by atoms with E-state index in [1.165, 1.54) is 13.8 Å². The minimum Gasteiger partial charge on any atom is -0.364 e. The summed E-state index contributed by atoms with van der Waals surface area (Å²) in [4.78, 5) is 14.9. The van der Waals surface area contributed by atoms with Gasteiger partial charge in [-0.25, -0.2) is 17.8 Å². The van der Waals surface area contributed by atoms with Crippen LogP contribution in [0.1, 0.15) is 33.2 Å². The number of halogens is 4. The van der Waals surface area contributed by atoms with Gasteiger partial charge in [0.25, 0.3) is 15.9 Å². The molecule has 0 fully saturated rings. The minimum atomic E-state index is -4.97. The van der Waals surface area contributed by atoms with Gasteiger partial charge in [-0.05, 0) is 24.6 Å². The van der Waals surface area contributed by atoms with Crippen molar-refractivity contribution in [3.63, 3.8) is 0 Å². The Hall–Kier alpha value is -2.05. The van der Waals surface area contributed by atoms with Crippen molar-refractivity contribution in [3.05, 3.63) is 45.5 Å². The van der Waals surface area contributed by atoms with Gasteiger partial charge in [-0.1, -0.05) is 19.1 Å². The summed E-state index contributed by atoms with van der Waals surface area (Å²) in [5.41, 5.74) is 4.62. The van der Waals surface area contributed by atoms with Crippen molar-refractivity contribution in [2.75, 3.05) is 6.54 Å². The van der Waals surface area contributed by atoms with Gasteiger partial charge in [0.05, 0.1) is 0 Å². The van der Waals surface area contributed by atoms with Gasteiger partial charge in [-0.3, -0.25) is 4.79 Å². The third-order valence-corrected chi connectivity index (χ3v) is 6.70. The predicted molar refractivity (Wildman–Crippen MR) is 90.1 cm³/mol. The van der Waals surface area contributed by atoms with Gasteiger partial charge in [0.1, 0.15) is 11.9 Å². The molecule has 2 N–H and O–H groups in total. The van der Waals surface area contributed by atoms with Crippen LogP contribution in [0.2, 0.25) is 0 Å². The van der Waals surface area contributed by atoms with Crippen LogP contribution in [-0.2, 0) is 10.0 Å². The molecule has 2 rings (SSSR count). The Kier molecular flexibility index (Phi) is 5.92. The highest BCUT2D eigenvalue weighted by Gasteiger charge is 2.49. The van der Waals surface area contributed by atoms with Crippen LogP contribution in [0.25, 0.3) is 0 Å². The molecule has 0 aliphatic heterocycles. The fraction of sp³-hybridized carbons (Fsp3) is 0.333. The molecule has 1 amide bonds. The highest BCUT2D eigenvalue weighted by molar-refractivity contribution is 7.89. The van der Waals surface area contributed by atoms with Gasteiger partial charge >= 0.3 is 6.18 Å².